The smallest absolute Gasteiger partial charge is 0.258 e. The Morgan fingerprint density at radius 3 is 2.93 bits per heavy atom. The van der Waals surface area contributed by atoms with Crippen molar-refractivity contribution in [3.63, 3.8) is 0 Å². The van der Waals surface area contributed by atoms with Gasteiger partial charge in [-0.2, -0.15) is 0 Å². The fraction of sp³-hybridized carbons (Fsp3) is 0.304. The molecule has 0 radical (unpaired) electrons. The number of nitrogen functional groups attached to an aromatic ring is 1. The molecule has 30 heavy (non-hydrogen) atoms. The number of fused-ring (bicyclic) bond motifs is 2. The summed E-state index contributed by atoms with van der Waals surface area (Å²) in [7, 11) is 2.15. The summed E-state index contributed by atoms with van der Waals surface area (Å²) in [5, 5.41) is 0. The minimum absolute atomic E-state index is 0.246. The monoisotopic (exact) mass is 404 g/mol. The Labute approximate surface area is 175 Å². The fourth-order valence-corrected chi connectivity index (χ4v) is 4.02. The summed E-state index contributed by atoms with van der Waals surface area (Å²) in [5.41, 5.74) is 12.8. The third-order valence-electron chi connectivity index (χ3n) is 5.62. The number of anilines is 1. The average molecular weight is 404 g/mol. The molecule has 0 aliphatic carbocycles. The van der Waals surface area contributed by atoms with Crippen LogP contribution in [0.3, 0.4) is 0 Å². The molecule has 0 fully saturated rings. The zero-order valence-electron chi connectivity index (χ0n) is 17.1. The van der Waals surface area contributed by atoms with Crippen LogP contribution in [0.5, 0.6) is 17.4 Å². The first-order valence-electron chi connectivity index (χ1n) is 10.0. The summed E-state index contributed by atoms with van der Waals surface area (Å²) in [6.45, 7) is 4.76. The summed E-state index contributed by atoms with van der Waals surface area (Å²) in [4.78, 5) is 11.3. The van der Waals surface area contributed by atoms with Crippen LogP contribution in [0.1, 0.15) is 22.3 Å². The second-order valence-electron chi connectivity index (χ2n) is 7.84. The first kappa shape index (κ1) is 18.7. The van der Waals surface area contributed by atoms with E-state index in [4.69, 9.17) is 19.9 Å². The molecule has 154 valence electrons. The van der Waals surface area contributed by atoms with E-state index in [0.29, 0.717) is 12.5 Å². The Hall–Kier alpha value is -3.32. The first-order chi connectivity index (χ1) is 14.6. The minimum atomic E-state index is 0.246. The van der Waals surface area contributed by atoms with Crippen molar-refractivity contribution in [2.45, 2.75) is 26.5 Å². The quantitative estimate of drug-likeness (QED) is 0.714. The van der Waals surface area contributed by atoms with Crippen LogP contribution in [0.25, 0.3) is 11.3 Å². The molecule has 2 N–H and O–H groups in total. The van der Waals surface area contributed by atoms with Gasteiger partial charge in [-0.25, -0.2) is 9.97 Å². The van der Waals surface area contributed by atoms with Gasteiger partial charge in [0.1, 0.15) is 6.61 Å². The number of likely N-dealkylation sites (N-methyl/N-ethyl adjacent to an activating group) is 1. The van der Waals surface area contributed by atoms with E-state index >= 15 is 0 Å². The van der Waals surface area contributed by atoms with Gasteiger partial charge < -0.3 is 24.8 Å². The van der Waals surface area contributed by atoms with Gasteiger partial charge in [-0.05, 0) is 66.9 Å². The number of aromatic nitrogens is 2. The van der Waals surface area contributed by atoms with Crippen molar-refractivity contribution >= 4 is 5.82 Å². The van der Waals surface area contributed by atoms with Crippen molar-refractivity contribution in [3.05, 3.63) is 58.8 Å². The topological polar surface area (TPSA) is 82.7 Å². The van der Waals surface area contributed by atoms with Gasteiger partial charge in [-0.3, -0.25) is 0 Å². The van der Waals surface area contributed by atoms with Crippen molar-refractivity contribution in [1.29, 1.82) is 0 Å². The van der Waals surface area contributed by atoms with Crippen molar-refractivity contribution < 1.29 is 14.2 Å². The van der Waals surface area contributed by atoms with Gasteiger partial charge in [0.05, 0.1) is 11.9 Å². The van der Waals surface area contributed by atoms with Gasteiger partial charge in [-0.1, -0.05) is 6.07 Å². The SMILES string of the molecule is Cc1cc(-c2cnc(N)c(OCc3ccc4c(c3)OCO4)n2)cc2c1CCN(C)C2. The molecule has 7 nitrogen and oxygen atoms in total. The Balaban J connectivity index is 1.40. The number of hydrogen-bond acceptors (Lipinski definition) is 7. The molecule has 1 aromatic heterocycles. The number of nitrogens with zero attached hydrogens (tertiary/aromatic N) is 3. The van der Waals surface area contributed by atoms with E-state index in [1.165, 1.54) is 16.7 Å². The van der Waals surface area contributed by atoms with Crippen LogP contribution in [-0.2, 0) is 19.6 Å². The lowest BCUT2D eigenvalue weighted by atomic mass is 9.92. The van der Waals surface area contributed by atoms with Crippen molar-refractivity contribution in [2.24, 2.45) is 0 Å². The van der Waals surface area contributed by atoms with E-state index < -0.39 is 0 Å². The Morgan fingerprint density at radius 1 is 1.17 bits per heavy atom. The van der Waals surface area contributed by atoms with Gasteiger partial charge in [0.25, 0.3) is 5.88 Å². The maximum Gasteiger partial charge on any atom is 0.258 e. The number of benzene rings is 2. The molecule has 2 aliphatic heterocycles. The molecule has 3 heterocycles. The zero-order chi connectivity index (χ0) is 20.7. The van der Waals surface area contributed by atoms with Crippen LogP contribution in [0, 0.1) is 6.92 Å². The number of aryl methyl sites for hydroxylation is 1. The summed E-state index contributed by atoms with van der Waals surface area (Å²) >= 11 is 0. The maximum atomic E-state index is 6.03. The molecule has 3 aromatic rings. The maximum absolute atomic E-state index is 6.03. The predicted octanol–water partition coefficient (Wildman–Crippen LogP) is 3.33. The molecular weight excluding hydrogens is 380 g/mol. The molecule has 0 unspecified atom stereocenters. The minimum Gasteiger partial charge on any atom is -0.470 e. The second kappa shape index (κ2) is 7.50. The molecule has 5 rings (SSSR count). The van der Waals surface area contributed by atoms with Crippen LogP contribution in [0.15, 0.2) is 36.5 Å². The van der Waals surface area contributed by atoms with Crippen molar-refractivity contribution in [2.75, 3.05) is 26.1 Å². The highest BCUT2D eigenvalue weighted by Gasteiger charge is 2.18. The van der Waals surface area contributed by atoms with E-state index in [9.17, 15) is 0 Å². The molecule has 0 atom stereocenters. The van der Waals surface area contributed by atoms with Crippen molar-refractivity contribution in [1.82, 2.24) is 14.9 Å². The van der Waals surface area contributed by atoms with Crippen LogP contribution < -0.4 is 19.9 Å². The highest BCUT2D eigenvalue weighted by atomic mass is 16.7. The molecule has 0 bridgehead atoms. The highest BCUT2D eigenvalue weighted by Crippen LogP contribution is 2.33. The van der Waals surface area contributed by atoms with E-state index in [0.717, 1.165) is 47.8 Å². The van der Waals surface area contributed by atoms with Gasteiger partial charge in [0.15, 0.2) is 17.3 Å². The molecule has 2 aromatic carbocycles. The van der Waals surface area contributed by atoms with E-state index in [-0.39, 0.29) is 12.6 Å². The lowest BCUT2D eigenvalue weighted by molar-refractivity contribution is 0.174. The molecule has 0 saturated heterocycles. The summed E-state index contributed by atoms with van der Waals surface area (Å²) < 4.78 is 16.7. The molecule has 0 amide bonds. The first-order valence-corrected chi connectivity index (χ1v) is 10.0. The number of rotatable bonds is 4. The third-order valence-corrected chi connectivity index (χ3v) is 5.62. The molecule has 0 spiro atoms. The van der Waals surface area contributed by atoms with Gasteiger partial charge in [-0.15, -0.1) is 0 Å². The number of nitrogens with two attached hydrogens (primary N) is 1. The van der Waals surface area contributed by atoms with E-state index in [2.05, 4.69) is 41.0 Å². The predicted molar refractivity (Wildman–Crippen MR) is 114 cm³/mol. The largest absolute Gasteiger partial charge is 0.470 e. The zero-order valence-corrected chi connectivity index (χ0v) is 17.1. The van der Waals surface area contributed by atoms with E-state index in [1.807, 2.05) is 18.2 Å². The highest BCUT2D eigenvalue weighted by molar-refractivity contribution is 5.64. The lowest BCUT2D eigenvalue weighted by Crippen LogP contribution is -2.27. The third kappa shape index (κ3) is 3.52. The summed E-state index contributed by atoms with van der Waals surface area (Å²) in [5.74, 6) is 2.07. The number of ether oxygens (including phenoxy) is 3. The molecule has 2 aliphatic rings. The van der Waals surface area contributed by atoms with Crippen molar-refractivity contribution in [3.8, 4) is 28.6 Å². The van der Waals surface area contributed by atoms with Crippen LogP contribution in [0.2, 0.25) is 0 Å². The lowest BCUT2D eigenvalue weighted by Gasteiger charge is -2.27. The summed E-state index contributed by atoms with van der Waals surface area (Å²) in [6, 6.07) is 10.1. The number of hydrogen-bond donors (Lipinski definition) is 1. The Bertz CT molecular complexity index is 1120. The molecule has 0 saturated carbocycles. The Kier molecular flexibility index (Phi) is 4.67. The summed E-state index contributed by atoms with van der Waals surface area (Å²) in [6.07, 6.45) is 2.78. The van der Waals surface area contributed by atoms with Crippen LogP contribution >= 0.6 is 0 Å². The van der Waals surface area contributed by atoms with Gasteiger partial charge in [0, 0.05) is 18.7 Å². The standard InChI is InChI=1S/C23H24N4O3/c1-14-7-16(9-17-11-27(2)6-5-18(14)17)19-10-25-22(24)23(26-19)28-12-15-3-4-20-21(8-15)30-13-29-20/h3-4,7-10H,5-6,11-13H2,1-2H3,(H2,24,25). The normalized spacial score (nSPS) is 15.1. The second-order valence-corrected chi connectivity index (χ2v) is 7.84. The van der Waals surface area contributed by atoms with Gasteiger partial charge in [0.2, 0.25) is 6.79 Å². The van der Waals surface area contributed by atoms with Gasteiger partial charge >= 0.3 is 0 Å². The van der Waals surface area contributed by atoms with Crippen LogP contribution in [0.4, 0.5) is 5.82 Å². The fourth-order valence-electron chi connectivity index (χ4n) is 4.02. The van der Waals surface area contributed by atoms with E-state index in [1.54, 1.807) is 6.20 Å². The average Bonchev–Trinajstić information content (AvgIpc) is 3.20. The molecule has 7 heteroatoms. The molecular formula is C23H24N4O3. The Morgan fingerprint density at radius 2 is 2.03 bits per heavy atom. The van der Waals surface area contributed by atoms with Crippen LogP contribution in [-0.4, -0.2) is 35.3 Å².